The van der Waals surface area contributed by atoms with Gasteiger partial charge in [-0.2, -0.15) is 0 Å². The lowest BCUT2D eigenvalue weighted by Crippen LogP contribution is -2.57. The van der Waals surface area contributed by atoms with Gasteiger partial charge >= 0.3 is 5.97 Å². The van der Waals surface area contributed by atoms with Crippen LogP contribution in [0.25, 0.3) is 0 Å². The molecule has 184 valence electrons. The van der Waals surface area contributed by atoms with Crippen molar-refractivity contribution in [2.45, 2.75) is 62.8 Å². The lowest BCUT2D eigenvalue weighted by atomic mass is 9.70. The van der Waals surface area contributed by atoms with Crippen LogP contribution in [0.2, 0.25) is 0 Å². The zero-order chi connectivity index (χ0) is 24.5. The number of unbranched alkanes of at least 4 members (excludes halogenated alkanes) is 2. The van der Waals surface area contributed by atoms with Crippen LogP contribution in [0.1, 0.15) is 50.6 Å². The van der Waals surface area contributed by atoms with Crippen LogP contribution < -0.4 is 0 Å². The number of rotatable bonds is 11. The van der Waals surface area contributed by atoms with Crippen LogP contribution in [0.4, 0.5) is 0 Å². The topological polar surface area (TPSA) is 107 Å². The summed E-state index contributed by atoms with van der Waals surface area (Å²) in [5, 5.41) is 20.3. The molecule has 2 bridgehead atoms. The van der Waals surface area contributed by atoms with Crippen LogP contribution in [0.15, 0.2) is 43.0 Å². The second kappa shape index (κ2) is 9.88. The molecule has 6 atom stereocenters. The van der Waals surface area contributed by atoms with Crippen molar-refractivity contribution in [1.29, 1.82) is 0 Å². The number of carboxylic acids is 1. The molecule has 8 nitrogen and oxygen atoms in total. The number of amides is 2. The molecule has 3 heterocycles. The molecule has 2 N–H and O–H groups in total. The van der Waals surface area contributed by atoms with Crippen molar-refractivity contribution in [1.82, 2.24) is 9.80 Å². The lowest BCUT2D eigenvalue weighted by Gasteiger charge is -2.39. The van der Waals surface area contributed by atoms with Gasteiger partial charge in [-0.1, -0.05) is 56.2 Å². The Balaban J connectivity index is 1.79. The summed E-state index contributed by atoms with van der Waals surface area (Å²) >= 11 is 0. The van der Waals surface area contributed by atoms with Crippen LogP contribution in [0.5, 0.6) is 0 Å². The molecule has 1 aromatic carbocycles. The Bertz CT molecular complexity index is 936. The average molecular weight is 471 g/mol. The number of likely N-dealkylation sites (tertiary alicyclic amines) is 1. The third-order valence-corrected chi connectivity index (χ3v) is 7.64. The first kappa shape index (κ1) is 24.4. The Kier molecular flexibility index (Phi) is 7.09. The number of carbonyl (C=O) groups is 3. The van der Waals surface area contributed by atoms with Crippen molar-refractivity contribution in [3.63, 3.8) is 0 Å². The van der Waals surface area contributed by atoms with Gasteiger partial charge in [0.15, 0.2) is 0 Å². The number of aliphatic hydroxyl groups is 1. The fraction of sp³-hybridized carbons (Fsp3) is 0.577. The molecule has 0 aliphatic carbocycles. The average Bonchev–Trinajstić information content (AvgIpc) is 3.47. The zero-order valence-corrected chi connectivity index (χ0v) is 19.6. The number of hydrogen-bond acceptors (Lipinski definition) is 5. The first-order chi connectivity index (χ1) is 16.4. The minimum atomic E-state index is -1.20. The molecule has 0 radical (unpaired) electrons. The van der Waals surface area contributed by atoms with Crippen LogP contribution in [-0.2, 0) is 19.1 Å². The maximum absolute atomic E-state index is 14.1. The number of hydrogen-bond donors (Lipinski definition) is 2. The Morgan fingerprint density at radius 2 is 2.06 bits per heavy atom. The van der Waals surface area contributed by atoms with E-state index in [1.54, 1.807) is 23.1 Å². The molecule has 1 spiro atoms. The maximum Gasteiger partial charge on any atom is 0.310 e. The molecule has 8 heteroatoms. The van der Waals surface area contributed by atoms with Gasteiger partial charge in [-0.15, -0.1) is 6.58 Å². The minimum Gasteiger partial charge on any atom is -0.481 e. The Hall–Kier alpha value is -2.71. The Morgan fingerprint density at radius 3 is 2.68 bits per heavy atom. The molecule has 2 amide bonds. The van der Waals surface area contributed by atoms with E-state index >= 15 is 0 Å². The van der Waals surface area contributed by atoms with Crippen molar-refractivity contribution in [2.24, 2.45) is 11.8 Å². The number of benzene rings is 1. The minimum absolute atomic E-state index is 0.270. The molecule has 34 heavy (non-hydrogen) atoms. The van der Waals surface area contributed by atoms with E-state index in [4.69, 9.17) is 4.74 Å². The van der Waals surface area contributed by atoms with Gasteiger partial charge in [-0.25, -0.2) is 0 Å². The highest BCUT2D eigenvalue weighted by atomic mass is 16.5. The van der Waals surface area contributed by atoms with Crippen molar-refractivity contribution in [3.8, 4) is 0 Å². The summed E-state index contributed by atoms with van der Waals surface area (Å²) in [5.41, 5.74) is -0.510. The summed E-state index contributed by atoms with van der Waals surface area (Å²) in [6.07, 6.45) is 4.79. The number of ether oxygens (including phenoxy) is 1. The van der Waals surface area contributed by atoms with Gasteiger partial charge in [-0.3, -0.25) is 14.4 Å². The molecule has 3 fully saturated rings. The van der Waals surface area contributed by atoms with Gasteiger partial charge in [0, 0.05) is 13.1 Å². The molecular formula is C26H34N2O6. The molecular weight excluding hydrogens is 436 g/mol. The van der Waals surface area contributed by atoms with Crippen molar-refractivity contribution >= 4 is 17.8 Å². The van der Waals surface area contributed by atoms with Crippen LogP contribution in [0, 0.1) is 11.8 Å². The first-order valence-corrected chi connectivity index (χ1v) is 12.2. The number of aliphatic hydroxyl groups excluding tert-OH is 1. The first-order valence-electron chi connectivity index (χ1n) is 12.2. The van der Waals surface area contributed by atoms with Crippen molar-refractivity contribution in [2.75, 3.05) is 19.7 Å². The quantitative estimate of drug-likeness (QED) is 0.380. The monoisotopic (exact) mass is 470 g/mol. The molecule has 4 rings (SSSR count). The molecule has 3 saturated heterocycles. The lowest BCUT2D eigenvalue weighted by molar-refractivity contribution is -0.153. The molecule has 0 aromatic heterocycles. The van der Waals surface area contributed by atoms with E-state index in [0.717, 1.165) is 19.3 Å². The third kappa shape index (κ3) is 3.82. The number of carbonyl (C=O) groups excluding carboxylic acids is 2. The van der Waals surface area contributed by atoms with Crippen molar-refractivity contribution < 1.29 is 29.3 Å². The highest BCUT2D eigenvalue weighted by molar-refractivity contribution is 5.98. The van der Waals surface area contributed by atoms with Gasteiger partial charge in [0.2, 0.25) is 11.8 Å². The van der Waals surface area contributed by atoms with Gasteiger partial charge in [0.1, 0.15) is 11.6 Å². The summed E-state index contributed by atoms with van der Waals surface area (Å²) in [5.74, 6) is -3.72. The second-order valence-electron chi connectivity index (χ2n) is 9.53. The summed E-state index contributed by atoms with van der Waals surface area (Å²) in [6.45, 7) is 6.33. The number of fused-ring (bicyclic) bond motifs is 1. The largest absolute Gasteiger partial charge is 0.481 e. The predicted octanol–water partition coefficient (Wildman–Crippen LogP) is 2.38. The predicted molar refractivity (Wildman–Crippen MR) is 125 cm³/mol. The van der Waals surface area contributed by atoms with E-state index < -0.39 is 47.5 Å². The van der Waals surface area contributed by atoms with Crippen LogP contribution in [0.3, 0.4) is 0 Å². The third-order valence-electron chi connectivity index (χ3n) is 7.64. The highest BCUT2D eigenvalue weighted by Gasteiger charge is 2.75. The summed E-state index contributed by atoms with van der Waals surface area (Å²) in [4.78, 5) is 43.3. The van der Waals surface area contributed by atoms with E-state index in [9.17, 15) is 24.6 Å². The Morgan fingerprint density at radius 1 is 1.32 bits per heavy atom. The zero-order valence-electron chi connectivity index (χ0n) is 19.6. The van der Waals surface area contributed by atoms with E-state index in [-0.39, 0.29) is 12.5 Å². The fourth-order valence-electron chi connectivity index (χ4n) is 6.19. The molecule has 1 aromatic rings. The summed E-state index contributed by atoms with van der Waals surface area (Å²) < 4.78 is 6.28. The van der Waals surface area contributed by atoms with Gasteiger partial charge < -0.3 is 24.7 Å². The smallest absolute Gasteiger partial charge is 0.310 e. The maximum atomic E-state index is 14.1. The standard InChI is InChI=1S/C26H34N2O6/c1-3-5-9-15-27(14-4-2)24(31)22-26-13-12-19(34-26)20(25(32)33)21(26)23(30)28(22)18(16-29)17-10-7-6-8-11-17/h4,6-8,10-11,18-22,29H,2-3,5,9,12-16H2,1H3,(H,32,33)/t18-,19-,20+,21+,22?,26?/m1/s1. The van der Waals surface area contributed by atoms with E-state index in [0.29, 0.717) is 31.5 Å². The second-order valence-corrected chi connectivity index (χ2v) is 9.53. The molecule has 3 aliphatic heterocycles. The molecule has 3 aliphatic rings. The van der Waals surface area contributed by atoms with Crippen LogP contribution in [-0.4, -0.2) is 75.2 Å². The van der Waals surface area contributed by atoms with E-state index in [1.807, 2.05) is 18.2 Å². The normalized spacial score (nSPS) is 30.3. The number of carboxylic acid groups (broad SMARTS) is 1. The molecule has 2 unspecified atom stereocenters. The van der Waals surface area contributed by atoms with E-state index in [2.05, 4.69) is 13.5 Å². The Labute approximate surface area is 200 Å². The van der Waals surface area contributed by atoms with Gasteiger partial charge in [0.25, 0.3) is 0 Å². The van der Waals surface area contributed by atoms with Crippen LogP contribution >= 0.6 is 0 Å². The van der Waals surface area contributed by atoms with E-state index in [1.165, 1.54) is 4.90 Å². The van der Waals surface area contributed by atoms with Gasteiger partial charge in [-0.05, 0) is 24.8 Å². The summed E-state index contributed by atoms with van der Waals surface area (Å²) in [7, 11) is 0. The van der Waals surface area contributed by atoms with Crippen molar-refractivity contribution in [3.05, 3.63) is 48.6 Å². The SMILES string of the molecule is C=CCN(CCCCC)C(=O)C1N([C@H](CO)c2ccccc2)C(=O)[C@@H]2[C@@H](C(=O)O)[C@H]3CCC12O3. The fourth-order valence-corrected chi connectivity index (χ4v) is 6.19. The summed E-state index contributed by atoms with van der Waals surface area (Å²) in [6, 6.07) is 7.29. The number of aliphatic carboxylic acids is 1. The van der Waals surface area contributed by atoms with Gasteiger partial charge in [0.05, 0.1) is 30.6 Å². The number of nitrogens with zero attached hydrogens (tertiary/aromatic N) is 2. The molecule has 0 saturated carbocycles. The highest BCUT2D eigenvalue weighted by Crippen LogP contribution is 2.59.